The molecule has 2 atom stereocenters. The second kappa shape index (κ2) is 4.67. The molecule has 2 heterocycles. The lowest BCUT2D eigenvalue weighted by molar-refractivity contribution is 0.0964. The number of aliphatic hydroxyl groups is 1. The van der Waals surface area contributed by atoms with Gasteiger partial charge in [-0.25, -0.2) is 0 Å². The first-order valence-corrected chi connectivity index (χ1v) is 6.52. The number of piperidine rings is 1. The first kappa shape index (κ1) is 11.1. The Labute approximate surface area is 102 Å². The quantitative estimate of drug-likeness (QED) is 0.777. The highest BCUT2D eigenvalue weighted by Crippen LogP contribution is 2.30. The first-order chi connectivity index (χ1) is 8.34. The normalized spacial score (nSPS) is 28.3. The molecule has 0 radical (unpaired) electrons. The molecule has 0 saturated carbocycles. The molecule has 1 saturated heterocycles. The van der Waals surface area contributed by atoms with Crippen LogP contribution in [0.15, 0.2) is 18.2 Å². The number of rotatable bonds is 1. The summed E-state index contributed by atoms with van der Waals surface area (Å²) in [7, 11) is 0. The monoisotopic (exact) mass is 233 g/mol. The Hall–Kier alpha value is -1.06. The second-order valence-electron chi connectivity index (χ2n) is 4.96. The van der Waals surface area contributed by atoms with Gasteiger partial charge in [-0.1, -0.05) is 12.1 Å². The molecule has 1 aromatic carbocycles. The molecule has 1 aromatic rings. The predicted molar refractivity (Wildman–Crippen MR) is 66.2 cm³/mol. The van der Waals surface area contributed by atoms with E-state index in [-0.39, 0.29) is 12.1 Å². The Morgan fingerprint density at radius 2 is 2.24 bits per heavy atom. The van der Waals surface area contributed by atoms with E-state index >= 15 is 0 Å². The summed E-state index contributed by atoms with van der Waals surface area (Å²) in [5.74, 6) is 1.02. The van der Waals surface area contributed by atoms with E-state index in [9.17, 15) is 5.11 Å². The number of aliphatic hydroxyl groups excluding tert-OH is 1. The van der Waals surface area contributed by atoms with Gasteiger partial charge in [0.1, 0.15) is 5.75 Å². The van der Waals surface area contributed by atoms with Crippen LogP contribution in [0.4, 0.5) is 0 Å². The Balaban J connectivity index is 1.87. The van der Waals surface area contributed by atoms with Gasteiger partial charge in [-0.15, -0.1) is 0 Å². The summed E-state index contributed by atoms with van der Waals surface area (Å²) in [6, 6.07) is 6.42. The molecule has 0 spiro atoms. The summed E-state index contributed by atoms with van der Waals surface area (Å²) in [5.41, 5.74) is 2.48. The minimum absolute atomic E-state index is 0.0935. The average Bonchev–Trinajstić information content (AvgIpc) is 2.39. The van der Waals surface area contributed by atoms with Gasteiger partial charge in [0.2, 0.25) is 0 Å². The van der Waals surface area contributed by atoms with Crippen LogP contribution in [0.1, 0.15) is 36.4 Å². The van der Waals surface area contributed by atoms with Crippen LogP contribution >= 0.6 is 0 Å². The molecule has 2 N–H and O–H groups in total. The highest BCUT2D eigenvalue weighted by atomic mass is 16.5. The van der Waals surface area contributed by atoms with Gasteiger partial charge in [-0.3, -0.25) is 0 Å². The number of aryl methyl sites for hydroxylation is 1. The third-order valence-electron chi connectivity index (χ3n) is 3.72. The maximum absolute atomic E-state index is 10.0. The van der Waals surface area contributed by atoms with E-state index in [0.29, 0.717) is 0 Å². The van der Waals surface area contributed by atoms with E-state index in [1.54, 1.807) is 0 Å². The molecule has 0 aromatic heterocycles. The van der Waals surface area contributed by atoms with Crippen molar-refractivity contribution in [2.24, 2.45) is 0 Å². The van der Waals surface area contributed by atoms with Crippen molar-refractivity contribution < 1.29 is 9.84 Å². The van der Waals surface area contributed by atoms with Crippen LogP contribution in [0.25, 0.3) is 0 Å². The number of hydrogen-bond acceptors (Lipinski definition) is 3. The molecular formula is C14H19NO2. The molecule has 2 aliphatic rings. The third kappa shape index (κ3) is 2.17. The molecular weight excluding hydrogens is 214 g/mol. The number of nitrogens with one attached hydrogen (secondary N) is 1. The molecule has 3 rings (SSSR count). The molecule has 3 heteroatoms. The molecule has 0 bridgehead atoms. The Morgan fingerprint density at radius 3 is 3.12 bits per heavy atom. The van der Waals surface area contributed by atoms with Crippen LogP contribution in [0.3, 0.4) is 0 Å². The largest absolute Gasteiger partial charge is 0.493 e. The zero-order valence-electron chi connectivity index (χ0n) is 9.98. The van der Waals surface area contributed by atoms with Gasteiger partial charge in [0.25, 0.3) is 0 Å². The van der Waals surface area contributed by atoms with Gasteiger partial charge >= 0.3 is 0 Å². The number of ether oxygens (including phenoxy) is 1. The lowest BCUT2D eigenvalue weighted by atomic mass is 9.92. The summed E-state index contributed by atoms with van der Waals surface area (Å²) in [5, 5.41) is 13.4. The Morgan fingerprint density at radius 1 is 1.29 bits per heavy atom. The van der Waals surface area contributed by atoms with Crippen LogP contribution in [-0.4, -0.2) is 24.4 Å². The summed E-state index contributed by atoms with van der Waals surface area (Å²) in [6.45, 7) is 1.83. The van der Waals surface area contributed by atoms with E-state index in [4.69, 9.17) is 4.74 Å². The van der Waals surface area contributed by atoms with Gasteiger partial charge in [-0.2, -0.15) is 0 Å². The predicted octanol–water partition coefficient (Wildman–Crippen LogP) is 1.80. The van der Waals surface area contributed by atoms with E-state index in [0.717, 1.165) is 44.6 Å². The Bertz CT molecular complexity index is 405. The molecule has 1 fully saturated rings. The van der Waals surface area contributed by atoms with Gasteiger partial charge < -0.3 is 15.2 Å². The lowest BCUT2D eigenvalue weighted by Crippen LogP contribution is -2.37. The van der Waals surface area contributed by atoms with Gasteiger partial charge in [0, 0.05) is 0 Å². The van der Waals surface area contributed by atoms with Gasteiger partial charge in [0.05, 0.1) is 18.8 Å². The molecule has 2 unspecified atom stereocenters. The zero-order valence-corrected chi connectivity index (χ0v) is 9.98. The van der Waals surface area contributed by atoms with Crippen molar-refractivity contribution in [3.05, 3.63) is 29.3 Å². The fourth-order valence-electron chi connectivity index (χ4n) is 2.79. The molecule has 92 valence electrons. The van der Waals surface area contributed by atoms with Crippen molar-refractivity contribution >= 4 is 0 Å². The minimum Gasteiger partial charge on any atom is -0.493 e. The number of fused-ring (bicyclic) bond motifs is 1. The van der Waals surface area contributed by atoms with Crippen molar-refractivity contribution in [3.63, 3.8) is 0 Å². The highest BCUT2D eigenvalue weighted by molar-refractivity contribution is 5.40. The van der Waals surface area contributed by atoms with Gasteiger partial charge in [-0.05, 0) is 49.4 Å². The standard InChI is InChI=1S/C14H19NO2/c16-12-4-1-7-15-14(12)11-5-6-13-10(9-11)3-2-8-17-13/h5-6,9,12,14-16H,1-4,7-8H2. The van der Waals surface area contributed by atoms with E-state index in [2.05, 4.69) is 17.4 Å². The summed E-state index contributed by atoms with van der Waals surface area (Å²) < 4.78 is 5.61. The summed E-state index contributed by atoms with van der Waals surface area (Å²) >= 11 is 0. The fourth-order valence-corrected chi connectivity index (χ4v) is 2.79. The van der Waals surface area contributed by atoms with E-state index in [1.165, 1.54) is 11.1 Å². The SMILES string of the molecule is OC1CCCNC1c1ccc2c(c1)CCCO2. The van der Waals surface area contributed by atoms with Crippen LogP contribution in [0.5, 0.6) is 5.75 Å². The number of hydrogen-bond donors (Lipinski definition) is 2. The third-order valence-corrected chi connectivity index (χ3v) is 3.72. The highest BCUT2D eigenvalue weighted by Gasteiger charge is 2.25. The van der Waals surface area contributed by atoms with Crippen molar-refractivity contribution in [1.29, 1.82) is 0 Å². The molecule has 17 heavy (non-hydrogen) atoms. The molecule has 3 nitrogen and oxygen atoms in total. The summed E-state index contributed by atoms with van der Waals surface area (Å²) in [4.78, 5) is 0. The number of benzene rings is 1. The van der Waals surface area contributed by atoms with E-state index < -0.39 is 0 Å². The first-order valence-electron chi connectivity index (χ1n) is 6.52. The van der Waals surface area contributed by atoms with Crippen molar-refractivity contribution in [2.75, 3.05) is 13.2 Å². The lowest BCUT2D eigenvalue weighted by Gasteiger charge is -2.30. The maximum atomic E-state index is 10.0. The minimum atomic E-state index is -0.258. The Kier molecular flexibility index (Phi) is 3.04. The van der Waals surface area contributed by atoms with Crippen LogP contribution in [0, 0.1) is 0 Å². The van der Waals surface area contributed by atoms with Crippen LogP contribution < -0.4 is 10.1 Å². The summed E-state index contributed by atoms with van der Waals surface area (Å²) in [6.07, 6.45) is 3.88. The average molecular weight is 233 g/mol. The van der Waals surface area contributed by atoms with Crippen molar-refractivity contribution in [1.82, 2.24) is 5.32 Å². The topological polar surface area (TPSA) is 41.5 Å². The molecule has 2 aliphatic heterocycles. The van der Waals surface area contributed by atoms with E-state index in [1.807, 2.05) is 6.07 Å². The second-order valence-corrected chi connectivity index (χ2v) is 4.96. The van der Waals surface area contributed by atoms with Crippen molar-refractivity contribution in [2.45, 2.75) is 37.8 Å². The van der Waals surface area contributed by atoms with Crippen LogP contribution in [0.2, 0.25) is 0 Å². The maximum Gasteiger partial charge on any atom is 0.122 e. The van der Waals surface area contributed by atoms with Gasteiger partial charge in [0.15, 0.2) is 0 Å². The molecule has 0 amide bonds. The smallest absolute Gasteiger partial charge is 0.122 e. The van der Waals surface area contributed by atoms with Crippen molar-refractivity contribution in [3.8, 4) is 5.75 Å². The zero-order chi connectivity index (χ0) is 11.7. The molecule has 0 aliphatic carbocycles. The fraction of sp³-hybridized carbons (Fsp3) is 0.571. The van der Waals surface area contributed by atoms with Crippen LogP contribution in [-0.2, 0) is 6.42 Å².